The van der Waals surface area contributed by atoms with E-state index in [9.17, 15) is 4.39 Å². The second-order valence-corrected chi connectivity index (χ2v) is 6.95. The second-order valence-electron chi connectivity index (χ2n) is 4.40. The molecule has 0 fully saturated rings. The van der Waals surface area contributed by atoms with Gasteiger partial charge in [0.05, 0.1) is 3.79 Å². The molecule has 2 aromatic rings. The Bertz CT molecular complexity index is 556. The van der Waals surface area contributed by atoms with Crippen LogP contribution in [0, 0.1) is 5.82 Å². The first kappa shape index (κ1) is 14.5. The van der Waals surface area contributed by atoms with Gasteiger partial charge in [0.1, 0.15) is 6.61 Å². The summed E-state index contributed by atoms with van der Waals surface area (Å²) in [5.74, 6) is -0.0295. The van der Waals surface area contributed by atoms with E-state index in [0.29, 0.717) is 18.8 Å². The first-order valence-electron chi connectivity index (χ1n) is 5.96. The Kier molecular flexibility index (Phi) is 4.96. The van der Waals surface area contributed by atoms with Crippen molar-refractivity contribution >= 4 is 27.3 Å². The fraction of sp³-hybridized carbons (Fsp3) is 0.286. The van der Waals surface area contributed by atoms with E-state index in [1.54, 1.807) is 17.4 Å². The summed E-state index contributed by atoms with van der Waals surface area (Å²) in [5.41, 5.74) is 6.58. The van der Waals surface area contributed by atoms with Gasteiger partial charge in [-0.2, -0.15) is 0 Å². The normalized spacial score (nSPS) is 12.4. The molecular weight excluding hydrogens is 329 g/mol. The molecule has 19 heavy (non-hydrogen) atoms. The van der Waals surface area contributed by atoms with Crippen molar-refractivity contribution in [3.8, 4) is 5.75 Å². The molecule has 0 spiro atoms. The van der Waals surface area contributed by atoms with E-state index in [1.807, 2.05) is 25.1 Å². The minimum atomic E-state index is -0.339. The number of halogens is 2. The van der Waals surface area contributed by atoms with E-state index in [1.165, 1.54) is 6.07 Å². The zero-order valence-electron chi connectivity index (χ0n) is 10.5. The van der Waals surface area contributed by atoms with E-state index >= 15 is 0 Å². The summed E-state index contributed by atoms with van der Waals surface area (Å²) in [5, 5.41) is 0. The number of nitrogens with two attached hydrogens (primary N) is 1. The van der Waals surface area contributed by atoms with Gasteiger partial charge in [-0.05, 0) is 53.0 Å². The molecule has 0 radical (unpaired) electrons. The van der Waals surface area contributed by atoms with Gasteiger partial charge in [-0.15, -0.1) is 11.3 Å². The monoisotopic (exact) mass is 343 g/mol. The molecule has 0 aliphatic carbocycles. The molecule has 0 saturated heterocycles. The molecule has 0 bridgehead atoms. The lowest BCUT2D eigenvalue weighted by Gasteiger charge is -2.13. The van der Waals surface area contributed by atoms with Gasteiger partial charge in [0.25, 0.3) is 0 Å². The van der Waals surface area contributed by atoms with Crippen LogP contribution in [-0.4, -0.2) is 6.04 Å². The van der Waals surface area contributed by atoms with Crippen molar-refractivity contribution in [1.29, 1.82) is 0 Å². The first-order valence-corrected chi connectivity index (χ1v) is 7.57. The number of ether oxygens (including phenoxy) is 1. The highest BCUT2D eigenvalue weighted by Crippen LogP contribution is 2.27. The van der Waals surface area contributed by atoms with Crippen molar-refractivity contribution < 1.29 is 9.13 Å². The zero-order chi connectivity index (χ0) is 13.8. The van der Waals surface area contributed by atoms with Crippen LogP contribution in [-0.2, 0) is 13.0 Å². The Labute approximate surface area is 124 Å². The fourth-order valence-electron chi connectivity index (χ4n) is 1.80. The number of para-hydroxylation sites is 1. The van der Waals surface area contributed by atoms with Crippen molar-refractivity contribution in [3.05, 3.63) is 50.4 Å². The largest absolute Gasteiger partial charge is 0.485 e. The molecule has 0 saturated carbocycles. The van der Waals surface area contributed by atoms with Crippen LogP contribution >= 0.6 is 27.3 Å². The van der Waals surface area contributed by atoms with Gasteiger partial charge in [-0.25, -0.2) is 4.39 Å². The highest BCUT2D eigenvalue weighted by Gasteiger charge is 2.12. The number of hydrogen-bond donors (Lipinski definition) is 1. The van der Waals surface area contributed by atoms with Crippen molar-refractivity contribution in [3.63, 3.8) is 0 Å². The van der Waals surface area contributed by atoms with Crippen LogP contribution < -0.4 is 10.5 Å². The molecule has 1 unspecified atom stereocenters. The van der Waals surface area contributed by atoms with Crippen LogP contribution in [0.15, 0.2) is 34.1 Å². The predicted molar refractivity (Wildman–Crippen MR) is 80.1 cm³/mol. The summed E-state index contributed by atoms with van der Waals surface area (Å²) in [6, 6.07) is 8.83. The van der Waals surface area contributed by atoms with Crippen molar-refractivity contribution in [2.75, 3.05) is 0 Å². The molecule has 2 rings (SSSR count). The van der Waals surface area contributed by atoms with Gasteiger partial charge in [-0.3, -0.25) is 0 Å². The summed E-state index contributed by atoms with van der Waals surface area (Å²) in [7, 11) is 0. The SMILES string of the molecule is CC(N)Cc1cccc(F)c1OCc1ccc(Br)s1. The van der Waals surface area contributed by atoms with Crippen LogP contribution in [0.4, 0.5) is 4.39 Å². The molecule has 0 aliphatic rings. The third-order valence-corrected chi connectivity index (χ3v) is 4.18. The fourth-order valence-corrected chi connectivity index (χ4v) is 3.19. The average molecular weight is 344 g/mol. The minimum absolute atomic E-state index is 0.0277. The summed E-state index contributed by atoms with van der Waals surface area (Å²) >= 11 is 4.97. The van der Waals surface area contributed by atoms with E-state index < -0.39 is 0 Å². The standard InChI is InChI=1S/C14H15BrFNOS/c1-9(17)7-10-3-2-4-12(16)14(10)18-8-11-5-6-13(15)19-11/h2-6,9H,7-8,17H2,1H3. The van der Waals surface area contributed by atoms with Gasteiger partial charge in [0, 0.05) is 10.9 Å². The molecule has 102 valence electrons. The lowest BCUT2D eigenvalue weighted by atomic mass is 10.1. The number of thiophene rings is 1. The molecule has 2 nitrogen and oxygen atoms in total. The Morgan fingerprint density at radius 2 is 2.16 bits per heavy atom. The average Bonchev–Trinajstić information content (AvgIpc) is 2.73. The lowest BCUT2D eigenvalue weighted by Crippen LogP contribution is -2.18. The molecule has 1 aromatic heterocycles. The second kappa shape index (κ2) is 6.50. The molecular formula is C14H15BrFNOS. The third kappa shape index (κ3) is 4.03. The number of benzene rings is 1. The third-order valence-electron chi connectivity index (χ3n) is 2.58. The van der Waals surface area contributed by atoms with Gasteiger partial charge < -0.3 is 10.5 Å². The summed E-state index contributed by atoms with van der Waals surface area (Å²) < 4.78 is 20.5. The lowest BCUT2D eigenvalue weighted by molar-refractivity contribution is 0.289. The van der Waals surface area contributed by atoms with Gasteiger partial charge in [0.2, 0.25) is 0 Å². The topological polar surface area (TPSA) is 35.2 Å². The van der Waals surface area contributed by atoms with E-state index in [2.05, 4.69) is 15.9 Å². The maximum Gasteiger partial charge on any atom is 0.165 e. The zero-order valence-corrected chi connectivity index (χ0v) is 12.9. The maximum atomic E-state index is 13.8. The van der Waals surface area contributed by atoms with Gasteiger partial charge in [0.15, 0.2) is 11.6 Å². The molecule has 5 heteroatoms. The van der Waals surface area contributed by atoms with E-state index in [0.717, 1.165) is 14.2 Å². The first-order chi connectivity index (χ1) is 9.06. The molecule has 1 heterocycles. The van der Waals surface area contributed by atoms with Gasteiger partial charge in [-0.1, -0.05) is 12.1 Å². The Balaban J connectivity index is 2.14. The van der Waals surface area contributed by atoms with Crippen LogP contribution in [0.3, 0.4) is 0 Å². The smallest absolute Gasteiger partial charge is 0.165 e. The van der Waals surface area contributed by atoms with E-state index in [-0.39, 0.29) is 11.9 Å². The van der Waals surface area contributed by atoms with Crippen LogP contribution in [0.1, 0.15) is 17.4 Å². The Hall–Kier alpha value is -0.910. The van der Waals surface area contributed by atoms with Crippen molar-refractivity contribution in [1.82, 2.24) is 0 Å². The van der Waals surface area contributed by atoms with Crippen molar-refractivity contribution in [2.45, 2.75) is 26.0 Å². The molecule has 0 aliphatic heterocycles. The minimum Gasteiger partial charge on any atom is -0.485 e. The summed E-state index contributed by atoms with van der Waals surface area (Å²) in [4.78, 5) is 1.04. The quantitative estimate of drug-likeness (QED) is 0.886. The van der Waals surface area contributed by atoms with Crippen LogP contribution in [0.2, 0.25) is 0 Å². The Morgan fingerprint density at radius 1 is 1.37 bits per heavy atom. The molecule has 1 aromatic carbocycles. The maximum absolute atomic E-state index is 13.8. The Morgan fingerprint density at radius 3 is 2.79 bits per heavy atom. The number of rotatable bonds is 5. The highest BCUT2D eigenvalue weighted by molar-refractivity contribution is 9.11. The van der Waals surface area contributed by atoms with Crippen molar-refractivity contribution in [2.24, 2.45) is 5.73 Å². The van der Waals surface area contributed by atoms with Gasteiger partial charge >= 0.3 is 0 Å². The highest BCUT2D eigenvalue weighted by atomic mass is 79.9. The predicted octanol–water partition coefficient (Wildman–Crippen LogP) is 4.12. The summed E-state index contributed by atoms with van der Waals surface area (Å²) in [6.45, 7) is 2.26. The summed E-state index contributed by atoms with van der Waals surface area (Å²) in [6.07, 6.45) is 0.598. The molecule has 2 N–H and O–H groups in total. The number of hydrogen-bond acceptors (Lipinski definition) is 3. The van der Waals surface area contributed by atoms with Crippen LogP contribution in [0.5, 0.6) is 5.75 Å². The molecule has 0 amide bonds. The molecule has 1 atom stereocenters. The van der Waals surface area contributed by atoms with E-state index in [4.69, 9.17) is 10.5 Å². The van der Waals surface area contributed by atoms with Crippen LogP contribution in [0.25, 0.3) is 0 Å².